The van der Waals surface area contributed by atoms with Crippen LogP contribution in [0.25, 0.3) is 10.9 Å². The van der Waals surface area contributed by atoms with Crippen LogP contribution in [-0.2, 0) is 39.6 Å². The number of hydrogen-bond acceptors (Lipinski definition) is 13. The van der Waals surface area contributed by atoms with Crippen molar-refractivity contribution in [3.05, 3.63) is 60.2 Å². The van der Waals surface area contributed by atoms with E-state index in [1.54, 1.807) is 30.4 Å². The van der Waals surface area contributed by atoms with Gasteiger partial charge < -0.3 is 45.0 Å². The Labute approximate surface area is 425 Å². The quantitative estimate of drug-likeness (QED) is 0.144. The van der Waals surface area contributed by atoms with Crippen molar-refractivity contribution < 1.29 is 46.6 Å². The van der Waals surface area contributed by atoms with E-state index in [-0.39, 0.29) is 90.3 Å². The van der Waals surface area contributed by atoms with Crippen LogP contribution in [0.3, 0.4) is 0 Å². The minimum Gasteiger partial charge on any atom is -0.379 e. The van der Waals surface area contributed by atoms with Gasteiger partial charge in [-0.15, -0.1) is 0 Å². The third-order valence-electron chi connectivity index (χ3n) is 16.0. The van der Waals surface area contributed by atoms with Crippen molar-refractivity contribution in [3.8, 4) is 0 Å². The zero-order valence-electron chi connectivity index (χ0n) is 42.5. The molecule has 398 valence electrons. The fourth-order valence-corrected chi connectivity index (χ4v) is 11.6. The van der Waals surface area contributed by atoms with Crippen molar-refractivity contribution in [1.82, 2.24) is 50.1 Å². The summed E-state index contributed by atoms with van der Waals surface area (Å²) in [6.07, 6.45) is 6.49. The number of pyridine rings is 1. The highest BCUT2D eigenvalue weighted by molar-refractivity contribution is 5.93. The maximum absolute atomic E-state index is 14.1. The molecule has 2 aliphatic carbocycles. The maximum atomic E-state index is 14.1. The summed E-state index contributed by atoms with van der Waals surface area (Å²) < 4.78 is 52.2. The molecule has 8 rings (SSSR count). The number of nitrogens with zero attached hydrogens (tertiary/aromatic N) is 8. The molecule has 6 atom stereocenters. The van der Waals surface area contributed by atoms with Crippen molar-refractivity contribution in [1.29, 1.82) is 0 Å². The molecule has 5 amide bonds. The molecule has 18 nitrogen and oxygen atoms in total. The van der Waals surface area contributed by atoms with E-state index >= 15 is 0 Å². The number of anilines is 1. The molecule has 0 unspecified atom stereocenters. The second-order valence-corrected chi connectivity index (χ2v) is 20.6. The van der Waals surface area contributed by atoms with Crippen molar-refractivity contribution in [2.45, 2.75) is 127 Å². The largest absolute Gasteiger partial charge is 0.416 e. The minimum atomic E-state index is -4.54. The van der Waals surface area contributed by atoms with Gasteiger partial charge in [0.1, 0.15) is 18.2 Å². The number of piperazine rings is 1. The normalized spacial score (nSPS) is 26.3. The van der Waals surface area contributed by atoms with Gasteiger partial charge >= 0.3 is 6.18 Å². The van der Waals surface area contributed by atoms with E-state index in [4.69, 9.17) is 9.47 Å². The second-order valence-electron chi connectivity index (χ2n) is 20.6. The van der Waals surface area contributed by atoms with Gasteiger partial charge in [0.15, 0.2) is 0 Å². The lowest BCUT2D eigenvalue weighted by Crippen LogP contribution is -2.59. The molecule has 0 bridgehead atoms. The van der Waals surface area contributed by atoms with Crippen LogP contribution in [0, 0.1) is 11.8 Å². The number of fused-ring (bicyclic) bond motifs is 1. The smallest absolute Gasteiger partial charge is 0.379 e. The summed E-state index contributed by atoms with van der Waals surface area (Å²) in [5.41, 5.74) is 0.347. The van der Waals surface area contributed by atoms with Gasteiger partial charge in [-0.05, 0) is 102 Å². The summed E-state index contributed by atoms with van der Waals surface area (Å²) in [7, 11) is 3.81. The van der Waals surface area contributed by atoms with E-state index in [1.807, 2.05) is 15.9 Å². The first kappa shape index (κ1) is 53.8. The van der Waals surface area contributed by atoms with E-state index in [9.17, 15) is 37.1 Å². The van der Waals surface area contributed by atoms with Gasteiger partial charge in [0.25, 0.3) is 0 Å². The van der Waals surface area contributed by atoms with Crippen LogP contribution < -0.4 is 16.0 Å². The third-order valence-corrected chi connectivity index (χ3v) is 16.0. The highest BCUT2D eigenvalue weighted by Gasteiger charge is 2.45. The van der Waals surface area contributed by atoms with Crippen LogP contribution in [-0.4, -0.2) is 185 Å². The summed E-state index contributed by atoms with van der Waals surface area (Å²) in [6.45, 7) is 9.08. The van der Waals surface area contributed by atoms with Crippen LogP contribution in [0.15, 0.2) is 49.1 Å². The highest BCUT2D eigenvalue weighted by atomic mass is 19.4. The number of carbonyl (C=O) groups excluding carboxylic acids is 5. The Bertz CT molecular complexity index is 2380. The van der Waals surface area contributed by atoms with Crippen LogP contribution in [0.1, 0.15) is 95.2 Å². The lowest BCUT2D eigenvalue weighted by Gasteiger charge is -2.45. The Morgan fingerprint density at radius 3 is 2.36 bits per heavy atom. The van der Waals surface area contributed by atoms with Gasteiger partial charge in [0.2, 0.25) is 29.5 Å². The average Bonchev–Trinajstić information content (AvgIpc) is 3.91. The summed E-state index contributed by atoms with van der Waals surface area (Å²) >= 11 is 0. The van der Waals surface area contributed by atoms with Crippen LogP contribution in [0.5, 0.6) is 0 Å². The molecular weight excluding hydrogens is 948 g/mol. The molecule has 5 fully saturated rings. The number of rotatable bonds is 19. The average molecular weight is 1020 g/mol. The Kier molecular flexibility index (Phi) is 17.8. The predicted octanol–water partition coefficient (Wildman–Crippen LogP) is 4.26. The number of likely N-dealkylation sites (tertiary alicyclic amines) is 2. The van der Waals surface area contributed by atoms with Crippen molar-refractivity contribution in [2.75, 3.05) is 85.1 Å². The number of nitrogens with one attached hydrogen (secondary N) is 3. The van der Waals surface area contributed by atoms with Gasteiger partial charge in [-0.25, -0.2) is 9.97 Å². The highest BCUT2D eigenvalue weighted by Crippen LogP contribution is 2.38. The molecule has 21 heteroatoms. The predicted molar refractivity (Wildman–Crippen MR) is 266 cm³/mol. The molecule has 3 saturated heterocycles. The van der Waals surface area contributed by atoms with Gasteiger partial charge in [0, 0.05) is 94.6 Å². The van der Waals surface area contributed by atoms with Crippen LogP contribution in [0.2, 0.25) is 0 Å². The first-order valence-electron chi connectivity index (χ1n) is 26.1. The Hall–Kier alpha value is -5.51. The van der Waals surface area contributed by atoms with Crippen LogP contribution >= 0.6 is 0 Å². The number of ether oxygens (including phenoxy) is 2. The summed E-state index contributed by atoms with van der Waals surface area (Å²) in [5, 5.41) is 9.66. The Morgan fingerprint density at radius 1 is 0.890 bits per heavy atom. The van der Waals surface area contributed by atoms with E-state index in [0.717, 1.165) is 62.9 Å². The number of alkyl halides is 3. The van der Waals surface area contributed by atoms with Crippen molar-refractivity contribution in [3.63, 3.8) is 0 Å². The van der Waals surface area contributed by atoms with Crippen LogP contribution in [0.4, 0.5) is 19.0 Å². The van der Waals surface area contributed by atoms with Gasteiger partial charge in [0.05, 0.1) is 68.0 Å². The molecule has 1 aromatic carbocycles. The van der Waals surface area contributed by atoms with E-state index in [0.29, 0.717) is 82.9 Å². The van der Waals surface area contributed by atoms with E-state index in [1.165, 1.54) is 12.4 Å². The monoisotopic (exact) mass is 1020 g/mol. The first-order valence-corrected chi connectivity index (χ1v) is 26.1. The fraction of sp³-hybridized carbons (Fsp3) is 0.654. The molecular formula is C52H72F3N11O7. The maximum Gasteiger partial charge on any atom is 0.416 e. The van der Waals surface area contributed by atoms with Crippen molar-refractivity contribution in [2.24, 2.45) is 11.8 Å². The number of carbonyl (C=O) groups is 5. The molecule has 5 heterocycles. The molecule has 0 radical (unpaired) electrons. The van der Waals surface area contributed by atoms with E-state index in [2.05, 4.69) is 61.6 Å². The third kappa shape index (κ3) is 13.1. The molecule has 73 heavy (non-hydrogen) atoms. The zero-order valence-corrected chi connectivity index (χ0v) is 42.5. The Balaban J connectivity index is 0.732. The summed E-state index contributed by atoms with van der Waals surface area (Å²) in [5.74, 6) is -0.836. The number of aromatic nitrogens is 3. The minimum absolute atomic E-state index is 0.0199. The number of amides is 5. The molecule has 3 N–H and O–H groups in total. The summed E-state index contributed by atoms with van der Waals surface area (Å²) in [4.78, 5) is 89.4. The van der Waals surface area contributed by atoms with Gasteiger partial charge in [-0.2, -0.15) is 13.2 Å². The Morgan fingerprint density at radius 2 is 1.64 bits per heavy atom. The number of benzene rings is 1. The number of halogens is 3. The van der Waals surface area contributed by atoms with Crippen molar-refractivity contribution >= 4 is 46.3 Å². The topological polar surface area (TPSA) is 195 Å². The van der Waals surface area contributed by atoms with Gasteiger partial charge in [-0.3, -0.25) is 33.9 Å². The molecule has 0 spiro atoms. The standard InChI is InChI=1S/C52H72F3N11O7/c1-33(2)62(3)38-12-14-44(66-19-15-42(51(66)71)60-48-39-28-36(52(53,54)55)9-13-41(39)58-32-59-48)43(29-38)61-49(69)34-7-10-37(11-8-34)64-20-22-65(23-21-64)45(67)16-24-72-26-27-73-25-18-57-50(70)40-30-46(68)63(4)47(40)35-6-5-17-56-31-35/h5-6,9,13,17,28,31-34,37-38,40,42-44,47H,7-8,10-12,14-16,18-27,29-30H2,1-4H3,(H,57,70)(H,61,69)(H,58,59,60)/t34-,37-,38-,40+,42+,43-,44+,47-/m1/s1. The lowest BCUT2D eigenvalue weighted by atomic mass is 9.82. The summed E-state index contributed by atoms with van der Waals surface area (Å²) in [6, 6.07) is 6.31. The fourth-order valence-electron chi connectivity index (χ4n) is 11.6. The zero-order chi connectivity index (χ0) is 51.8. The number of hydrogen-bond donors (Lipinski definition) is 3. The molecule has 3 aliphatic heterocycles. The molecule has 3 aromatic rings. The molecule has 5 aliphatic rings. The SMILES string of the molecule is CC(C)N(C)[C@@H]1CC[C@H](N2CC[C@H](Nc3ncnc4ccc(C(F)(F)F)cc34)C2=O)[C@H](NC(=O)[C@H]2CC[C@H](N3CCN(C(=O)CCOCCOCCNC(=O)[C@H]4CC(=O)N(C)[C@@H]4c4cccnc4)CC3)CC2)C1. The molecule has 2 aromatic heterocycles. The second kappa shape index (κ2) is 24.2. The first-order chi connectivity index (χ1) is 35.1. The lowest BCUT2D eigenvalue weighted by molar-refractivity contribution is -0.137. The van der Waals surface area contributed by atoms with E-state index < -0.39 is 23.7 Å². The molecule has 2 saturated carbocycles. The van der Waals surface area contributed by atoms with Gasteiger partial charge in [-0.1, -0.05) is 6.07 Å².